The molecule has 14 heavy (non-hydrogen) atoms. The highest BCUT2D eigenvalue weighted by Crippen LogP contribution is 2.24. The van der Waals surface area contributed by atoms with E-state index in [9.17, 15) is 9.18 Å². The normalized spacial score (nSPS) is 10.7. The lowest BCUT2D eigenvalue weighted by Gasteiger charge is -2.01. The van der Waals surface area contributed by atoms with Gasteiger partial charge in [0.05, 0.1) is 5.52 Å². The van der Waals surface area contributed by atoms with Gasteiger partial charge >= 0.3 is 0 Å². The zero-order valence-corrected chi connectivity index (χ0v) is 7.49. The third-order valence-electron chi connectivity index (χ3n) is 2.06. The third kappa shape index (κ3) is 1.16. The highest BCUT2D eigenvalue weighted by molar-refractivity contribution is 5.92. The van der Waals surface area contributed by atoms with Crippen LogP contribution >= 0.6 is 0 Å². The van der Waals surface area contributed by atoms with Gasteiger partial charge in [0.2, 0.25) is 5.91 Å². The molecule has 1 aromatic heterocycles. The number of fused-ring (bicyclic) bond motifs is 1. The summed E-state index contributed by atoms with van der Waals surface area (Å²) in [6.45, 7) is 1.35. The lowest BCUT2D eigenvalue weighted by atomic mass is 10.2. The Kier molecular flexibility index (Phi) is 1.77. The molecule has 0 bridgehead atoms. The molecule has 0 saturated heterocycles. The second-order valence-electron chi connectivity index (χ2n) is 3.07. The predicted molar refractivity (Wildman–Crippen MR) is 49.9 cm³/mol. The van der Waals surface area contributed by atoms with E-state index in [1.165, 1.54) is 23.8 Å². The number of aromatic nitrogens is 1. The highest BCUT2D eigenvalue weighted by atomic mass is 19.1. The molecule has 0 unspecified atom stereocenters. The Morgan fingerprint density at radius 3 is 2.86 bits per heavy atom. The molecule has 72 valence electrons. The summed E-state index contributed by atoms with van der Waals surface area (Å²) in [6, 6.07) is 3.99. The van der Waals surface area contributed by atoms with Crippen LogP contribution in [0.15, 0.2) is 24.4 Å². The molecule has 1 aromatic carbocycles. The summed E-state index contributed by atoms with van der Waals surface area (Å²) in [4.78, 5) is 11.1. The van der Waals surface area contributed by atoms with E-state index in [2.05, 4.69) is 0 Å². The number of rotatable bonds is 0. The number of aromatic hydroxyl groups is 1. The van der Waals surface area contributed by atoms with Crippen LogP contribution in [0, 0.1) is 5.82 Å². The maximum atomic E-state index is 13.4. The van der Waals surface area contributed by atoms with Crippen molar-refractivity contribution in [2.24, 2.45) is 0 Å². The zero-order chi connectivity index (χ0) is 10.3. The van der Waals surface area contributed by atoms with Crippen molar-refractivity contribution < 1.29 is 14.3 Å². The first-order valence-electron chi connectivity index (χ1n) is 4.10. The van der Waals surface area contributed by atoms with E-state index in [0.717, 1.165) is 6.07 Å². The molecule has 0 aliphatic heterocycles. The summed E-state index contributed by atoms with van der Waals surface area (Å²) in [5.41, 5.74) is 0.204. The molecule has 0 radical (unpaired) electrons. The molecule has 1 N–H and O–H groups in total. The maximum Gasteiger partial charge on any atom is 0.228 e. The summed E-state index contributed by atoms with van der Waals surface area (Å²) in [7, 11) is 0. The molecular weight excluding hydrogens is 185 g/mol. The van der Waals surface area contributed by atoms with Crippen LogP contribution < -0.4 is 0 Å². The van der Waals surface area contributed by atoms with E-state index in [-0.39, 0.29) is 17.2 Å². The average molecular weight is 193 g/mol. The van der Waals surface area contributed by atoms with Gasteiger partial charge in [0.25, 0.3) is 0 Å². The first-order chi connectivity index (χ1) is 6.59. The Balaban J connectivity index is 2.85. The Hall–Kier alpha value is -1.84. The Bertz CT molecular complexity index is 516. The summed E-state index contributed by atoms with van der Waals surface area (Å²) in [5, 5.41) is 9.64. The van der Waals surface area contributed by atoms with Crippen LogP contribution in [-0.2, 0) is 0 Å². The Morgan fingerprint density at radius 2 is 2.21 bits per heavy atom. The van der Waals surface area contributed by atoms with Crippen LogP contribution in [-0.4, -0.2) is 15.6 Å². The smallest absolute Gasteiger partial charge is 0.228 e. The number of phenols is 1. The topological polar surface area (TPSA) is 42.2 Å². The number of phenolic OH excluding ortho intramolecular Hbond substituents is 1. The fourth-order valence-electron chi connectivity index (χ4n) is 1.48. The number of nitrogens with zero attached hydrogens (tertiary/aromatic N) is 1. The number of benzene rings is 1. The molecule has 1 heterocycles. The number of hydrogen-bond donors (Lipinski definition) is 1. The van der Waals surface area contributed by atoms with Gasteiger partial charge in [-0.25, -0.2) is 4.39 Å². The molecule has 0 atom stereocenters. The second-order valence-corrected chi connectivity index (χ2v) is 3.07. The van der Waals surface area contributed by atoms with Crippen molar-refractivity contribution in [1.29, 1.82) is 0 Å². The predicted octanol–water partition coefficient (Wildman–Crippen LogP) is 2.15. The van der Waals surface area contributed by atoms with Crippen molar-refractivity contribution in [2.45, 2.75) is 6.92 Å². The molecule has 0 aliphatic carbocycles. The van der Waals surface area contributed by atoms with E-state index < -0.39 is 5.82 Å². The van der Waals surface area contributed by atoms with Crippen LogP contribution in [0.2, 0.25) is 0 Å². The van der Waals surface area contributed by atoms with Crippen molar-refractivity contribution in [1.82, 2.24) is 4.57 Å². The van der Waals surface area contributed by atoms with Crippen LogP contribution in [0.1, 0.15) is 11.7 Å². The minimum Gasteiger partial charge on any atom is -0.508 e. The van der Waals surface area contributed by atoms with E-state index in [0.29, 0.717) is 5.39 Å². The van der Waals surface area contributed by atoms with Crippen LogP contribution in [0.4, 0.5) is 4.39 Å². The number of carbonyl (C=O) groups excluding carboxylic acids is 1. The minimum atomic E-state index is -0.597. The molecule has 3 nitrogen and oxygen atoms in total. The minimum absolute atomic E-state index is 0.142. The summed E-state index contributed by atoms with van der Waals surface area (Å²) >= 11 is 0. The van der Waals surface area contributed by atoms with Crippen molar-refractivity contribution >= 4 is 16.8 Å². The van der Waals surface area contributed by atoms with Crippen molar-refractivity contribution in [3.63, 3.8) is 0 Å². The molecule has 2 rings (SSSR count). The van der Waals surface area contributed by atoms with Gasteiger partial charge in [-0.1, -0.05) is 0 Å². The summed E-state index contributed by atoms with van der Waals surface area (Å²) in [5.74, 6) is -0.999. The van der Waals surface area contributed by atoms with Gasteiger partial charge in [-0.15, -0.1) is 0 Å². The third-order valence-corrected chi connectivity index (χ3v) is 2.06. The quantitative estimate of drug-likeness (QED) is 0.696. The first-order valence-corrected chi connectivity index (χ1v) is 4.10. The largest absolute Gasteiger partial charge is 0.508 e. The lowest BCUT2D eigenvalue weighted by Crippen LogP contribution is -2.04. The standard InChI is InChI=1S/C10H8FNO2/c1-6(13)12-3-2-7-4-8(14)5-9(11)10(7)12/h2-5,14H,1H3. The van der Waals surface area contributed by atoms with E-state index in [1.54, 1.807) is 6.07 Å². The average Bonchev–Trinajstić information content (AvgIpc) is 2.47. The maximum absolute atomic E-state index is 13.4. The number of hydrogen-bond acceptors (Lipinski definition) is 2. The molecule has 4 heteroatoms. The summed E-state index contributed by atoms with van der Waals surface area (Å²) < 4.78 is 14.6. The van der Waals surface area contributed by atoms with Gasteiger partial charge in [0.15, 0.2) is 5.82 Å². The van der Waals surface area contributed by atoms with Gasteiger partial charge < -0.3 is 5.11 Å². The molecule has 0 spiro atoms. The van der Waals surface area contributed by atoms with Crippen molar-refractivity contribution in [2.75, 3.05) is 0 Å². The van der Waals surface area contributed by atoms with Gasteiger partial charge in [-0.05, 0) is 12.1 Å². The van der Waals surface area contributed by atoms with Gasteiger partial charge in [0, 0.05) is 24.6 Å². The van der Waals surface area contributed by atoms with Crippen molar-refractivity contribution in [3.05, 3.63) is 30.2 Å². The zero-order valence-electron chi connectivity index (χ0n) is 7.49. The first kappa shape index (κ1) is 8.74. The van der Waals surface area contributed by atoms with Crippen LogP contribution in [0.5, 0.6) is 5.75 Å². The molecule has 0 aliphatic rings. The van der Waals surface area contributed by atoms with Crippen LogP contribution in [0.3, 0.4) is 0 Å². The SMILES string of the molecule is CC(=O)n1ccc2cc(O)cc(F)c21. The number of halogens is 1. The summed E-state index contributed by atoms with van der Waals surface area (Å²) in [6.07, 6.45) is 1.48. The number of carbonyl (C=O) groups is 1. The highest BCUT2D eigenvalue weighted by Gasteiger charge is 2.10. The van der Waals surface area contributed by atoms with E-state index in [4.69, 9.17) is 5.11 Å². The monoisotopic (exact) mass is 193 g/mol. The van der Waals surface area contributed by atoms with Gasteiger partial charge in [0.1, 0.15) is 5.75 Å². The lowest BCUT2D eigenvalue weighted by molar-refractivity contribution is 0.0941. The van der Waals surface area contributed by atoms with E-state index in [1.807, 2.05) is 0 Å². The Morgan fingerprint density at radius 1 is 1.50 bits per heavy atom. The molecule has 0 fully saturated rings. The Labute approximate surface area is 79.4 Å². The van der Waals surface area contributed by atoms with Crippen LogP contribution in [0.25, 0.3) is 10.9 Å². The molecular formula is C10H8FNO2. The van der Waals surface area contributed by atoms with Gasteiger partial charge in [-0.3, -0.25) is 9.36 Å². The second kappa shape index (κ2) is 2.83. The van der Waals surface area contributed by atoms with Crippen molar-refractivity contribution in [3.8, 4) is 5.75 Å². The molecule has 0 saturated carbocycles. The fraction of sp³-hybridized carbons (Fsp3) is 0.100. The molecule has 2 aromatic rings. The fourth-order valence-corrected chi connectivity index (χ4v) is 1.48. The van der Waals surface area contributed by atoms with E-state index >= 15 is 0 Å². The molecule has 0 amide bonds. The van der Waals surface area contributed by atoms with Gasteiger partial charge in [-0.2, -0.15) is 0 Å².